The van der Waals surface area contributed by atoms with Crippen LogP contribution in [0.5, 0.6) is 0 Å². The van der Waals surface area contributed by atoms with Crippen LogP contribution in [0.25, 0.3) is 0 Å². The van der Waals surface area contributed by atoms with Crippen molar-refractivity contribution in [3.63, 3.8) is 0 Å². The molecule has 6 nitrogen and oxygen atoms in total. The number of carbonyl (C=O) groups excluding carboxylic acids is 2. The Morgan fingerprint density at radius 1 is 1.04 bits per heavy atom. The average molecular weight is 324 g/mol. The Hall–Kier alpha value is -2.70. The zero-order valence-electron chi connectivity index (χ0n) is 13.4. The first-order valence-corrected chi connectivity index (χ1v) is 7.86. The number of Topliss-reactive ketones (excluding diaryl/α,β-unsaturated/α-hetero) is 1. The van der Waals surface area contributed by atoms with E-state index in [1.54, 1.807) is 24.3 Å². The van der Waals surface area contributed by atoms with Gasteiger partial charge in [-0.3, -0.25) is 4.79 Å². The summed E-state index contributed by atoms with van der Waals surface area (Å²) >= 11 is 0. The summed E-state index contributed by atoms with van der Waals surface area (Å²) in [7, 11) is 0. The number of hydrazine groups is 1. The normalized spacial score (nSPS) is 19.7. The maximum atomic E-state index is 12.1. The zero-order valence-corrected chi connectivity index (χ0v) is 13.4. The molecule has 1 heterocycles. The van der Waals surface area contributed by atoms with E-state index in [-0.39, 0.29) is 24.0 Å². The number of hydrogen-bond acceptors (Lipinski definition) is 4. The van der Waals surface area contributed by atoms with Crippen LogP contribution in [0.3, 0.4) is 0 Å². The monoisotopic (exact) mass is 324 g/mol. The fraction of sp³-hybridized carbons (Fsp3) is 0.222. The lowest BCUT2D eigenvalue weighted by molar-refractivity contribution is 0.101. The molecule has 4 N–H and O–H groups in total. The average Bonchev–Trinajstić information content (AvgIpc) is 3.04. The lowest BCUT2D eigenvalue weighted by atomic mass is 10.0. The fourth-order valence-corrected chi connectivity index (χ4v) is 2.70. The second-order valence-electron chi connectivity index (χ2n) is 5.78. The Morgan fingerprint density at radius 3 is 2.58 bits per heavy atom. The van der Waals surface area contributed by atoms with Crippen LogP contribution in [0, 0.1) is 0 Å². The Bertz CT molecular complexity index is 733. The molecule has 2 atom stereocenters. The zero-order chi connectivity index (χ0) is 16.9. The minimum atomic E-state index is -0.316. The number of rotatable bonds is 4. The highest BCUT2D eigenvalue weighted by molar-refractivity contribution is 5.96. The van der Waals surface area contributed by atoms with Crippen molar-refractivity contribution in [3.05, 3.63) is 65.7 Å². The summed E-state index contributed by atoms with van der Waals surface area (Å²) in [5, 5.41) is 5.62. The molecule has 124 valence electrons. The van der Waals surface area contributed by atoms with Gasteiger partial charge in [-0.15, -0.1) is 0 Å². The number of benzene rings is 2. The molecule has 0 spiro atoms. The summed E-state index contributed by atoms with van der Waals surface area (Å²) in [5.74, 6) is -0.0357. The third-order valence-corrected chi connectivity index (χ3v) is 3.94. The highest BCUT2D eigenvalue weighted by atomic mass is 16.2. The van der Waals surface area contributed by atoms with Gasteiger partial charge in [0.15, 0.2) is 5.78 Å². The van der Waals surface area contributed by atoms with Gasteiger partial charge in [0.05, 0.1) is 6.17 Å². The summed E-state index contributed by atoms with van der Waals surface area (Å²) in [5.41, 5.74) is 8.58. The Balaban J connectivity index is 1.54. The molecule has 1 fully saturated rings. The van der Waals surface area contributed by atoms with Crippen molar-refractivity contribution in [3.8, 4) is 0 Å². The molecular formula is C18H20N4O2. The number of nitrogens with one attached hydrogen (secondary N) is 4. The molecule has 2 amide bonds. The summed E-state index contributed by atoms with van der Waals surface area (Å²) in [6.45, 7) is 1.50. The van der Waals surface area contributed by atoms with E-state index in [1.165, 1.54) is 12.5 Å². The Kier molecular flexibility index (Phi) is 4.88. The molecule has 1 saturated heterocycles. The summed E-state index contributed by atoms with van der Waals surface area (Å²) in [6.07, 6.45) is 0.566. The molecule has 1 aliphatic rings. The molecule has 0 bridgehead atoms. The van der Waals surface area contributed by atoms with Crippen LogP contribution < -0.4 is 21.5 Å². The molecule has 6 heteroatoms. The molecule has 0 aromatic heterocycles. The number of carbonyl (C=O) groups is 2. The van der Waals surface area contributed by atoms with Gasteiger partial charge in [0, 0.05) is 23.7 Å². The number of urea groups is 1. The highest BCUT2D eigenvalue weighted by Gasteiger charge is 2.25. The van der Waals surface area contributed by atoms with E-state index in [9.17, 15) is 9.59 Å². The second-order valence-corrected chi connectivity index (χ2v) is 5.78. The first kappa shape index (κ1) is 16.2. The molecule has 1 aliphatic heterocycles. The lowest BCUT2D eigenvalue weighted by Crippen LogP contribution is -2.45. The van der Waals surface area contributed by atoms with Gasteiger partial charge < -0.3 is 10.6 Å². The summed E-state index contributed by atoms with van der Waals surface area (Å²) < 4.78 is 0. The third kappa shape index (κ3) is 3.98. The predicted octanol–water partition coefficient (Wildman–Crippen LogP) is 2.58. The van der Waals surface area contributed by atoms with Crippen LogP contribution in [0.4, 0.5) is 10.5 Å². The van der Waals surface area contributed by atoms with Gasteiger partial charge in [-0.1, -0.05) is 42.5 Å². The Labute approximate surface area is 140 Å². The Morgan fingerprint density at radius 2 is 1.83 bits per heavy atom. The maximum Gasteiger partial charge on any atom is 0.320 e. The van der Waals surface area contributed by atoms with Crippen molar-refractivity contribution in [2.75, 3.05) is 5.32 Å². The van der Waals surface area contributed by atoms with E-state index in [0.717, 1.165) is 6.42 Å². The van der Waals surface area contributed by atoms with Crippen molar-refractivity contribution in [1.82, 2.24) is 16.2 Å². The first-order valence-electron chi connectivity index (χ1n) is 7.86. The third-order valence-electron chi connectivity index (χ3n) is 3.94. The first-order chi connectivity index (χ1) is 11.6. The van der Waals surface area contributed by atoms with Crippen molar-refractivity contribution in [1.29, 1.82) is 0 Å². The molecule has 0 aliphatic carbocycles. The number of amides is 2. The maximum absolute atomic E-state index is 12.1. The molecule has 2 unspecified atom stereocenters. The summed E-state index contributed by atoms with van der Waals surface area (Å²) in [4.78, 5) is 23.5. The molecule has 2 aromatic rings. The SMILES string of the molecule is CC(=O)c1cccc(NC(=O)NC2CC(c3ccccc3)NN2)c1. The van der Waals surface area contributed by atoms with Crippen LogP contribution in [0.2, 0.25) is 0 Å². The van der Waals surface area contributed by atoms with Crippen LogP contribution in [0.15, 0.2) is 54.6 Å². The fourth-order valence-electron chi connectivity index (χ4n) is 2.70. The molecule has 0 radical (unpaired) electrons. The van der Waals surface area contributed by atoms with Gasteiger partial charge in [0.1, 0.15) is 0 Å². The lowest BCUT2D eigenvalue weighted by Gasteiger charge is -2.13. The predicted molar refractivity (Wildman–Crippen MR) is 92.5 cm³/mol. The van der Waals surface area contributed by atoms with Crippen molar-refractivity contribution < 1.29 is 9.59 Å². The van der Waals surface area contributed by atoms with Gasteiger partial charge >= 0.3 is 6.03 Å². The number of hydrogen-bond donors (Lipinski definition) is 4. The van der Waals surface area contributed by atoms with Gasteiger partial charge in [-0.05, 0) is 24.6 Å². The highest BCUT2D eigenvalue weighted by Crippen LogP contribution is 2.20. The number of anilines is 1. The minimum Gasteiger partial charge on any atom is -0.321 e. The van der Waals surface area contributed by atoms with E-state index in [2.05, 4.69) is 33.6 Å². The smallest absolute Gasteiger partial charge is 0.320 e. The largest absolute Gasteiger partial charge is 0.321 e. The molecular weight excluding hydrogens is 304 g/mol. The van der Waals surface area contributed by atoms with E-state index in [1.807, 2.05) is 18.2 Å². The van der Waals surface area contributed by atoms with Crippen LogP contribution >= 0.6 is 0 Å². The molecule has 3 rings (SSSR count). The van der Waals surface area contributed by atoms with Gasteiger partial charge in [0.25, 0.3) is 0 Å². The van der Waals surface area contributed by atoms with Gasteiger partial charge in [-0.25, -0.2) is 15.6 Å². The van der Waals surface area contributed by atoms with E-state index in [0.29, 0.717) is 11.3 Å². The van der Waals surface area contributed by atoms with Crippen LogP contribution in [-0.4, -0.2) is 18.0 Å². The standard InChI is InChI=1S/C18H20N4O2/c1-12(23)14-8-5-9-15(10-14)19-18(24)20-17-11-16(21-22-17)13-6-3-2-4-7-13/h2-10,16-17,21-22H,11H2,1H3,(H2,19,20,24). The number of ketones is 1. The van der Waals surface area contributed by atoms with E-state index in [4.69, 9.17) is 0 Å². The van der Waals surface area contributed by atoms with Crippen molar-refractivity contribution >= 4 is 17.5 Å². The quantitative estimate of drug-likeness (QED) is 0.652. The topological polar surface area (TPSA) is 82.3 Å². The van der Waals surface area contributed by atoms with Gasteiger partial charge in [0.2, 0.25) is 0 Å². The molecule has 0 saturated carbocycles. The molecule has 24 heavy (non-hydrogen) atoms. The summed E-state index contributed by atoms with van der Waals surface area (Å²) in [6, 6.07) is 16.8. The van der Waals surface area contributed by atoms with E-state index >= 15 is 0 Å². The van der Waals surface area contributed by atoms with Crippen LogP contribution in [0.1, 0.15) is 35.3 Å². The van der Waals surface area contributed by atoms with Gasteiger partial charge in [-0.2, -0.15) is 0 Å². The second kappa shape index (κ2) is 7.25. The van der Waals surface area contributed by atoms with Crippen LogP contribution in [-0.2, 0) is 0 Å². The van der Waals surface area contributed by atoms with E-state index < -0.39 is 0 Å². The minimum absolute atomic E-state index is 0.0357. The molecule has 2 aromatic carbocycles. The van der Waals surface area contributed by atoms with Crippen molar-refractivity contribution in [2.24, 2.45) is 0 Å². The van der Waals surface area contributed by atoms with Crippen molar-refractivity contribution in [2.45, 2.75) is 25.6 Å².